The molecule has 1 rings (SSSR count). The van der Waals surface area contributed by atoms with Crippen molar-refractivity contribution in [1.82, 2.24) is 0 Å². The minimum atomic E-state index is -0.535. The van der Waals surface area contributed by atoms with Gasteiger partial charge in [0.2, 0.25) is 0 Å². The molecule has 0 N–H and O–H groups in total. The molecule has 0 unspecified atom stereocenters. The summed E-state index contributed by atoms with van der Waals surface area (Å²) in [4.78, 5) is 12.1. The van der Waals surface area contributed by atoms with Crippen LogP contribution >= 0.6 is 11.3 Å². The van der Waals surface area contributed by atoms with Crippen LogP contribution in [0.2, 0.25) is 0 Å². The monoisotopic (exact) mass is 166 g/mol. The Kier molecular flexibility index (Phi) is 2.24. The SMILES string of the molecule is CN(C(=O)C#N)c1cccs1. The highest BCUT2D eigenvalue weighted by Gasteiger charge is 2.08. The van der Waals surface area contributed by atoms with Crippen LogP contribution in [0.3, 0.4) is 0 Å². The lowest BCUT2D eigenvalue weighted by Gasteiger charge is -2.08. The third-order valence-corrected chi connectivity index (χ3v) is 2.18. The molecule has 0 aliphatic carbocycles. The second kappa shape index (κ2) is 3.17. The van der Waals surface area contributed by atoms with Crippen LogP contribution in [-0.2, 0) is 4.79 Å². The van der Waals surface area contributed by atoms with Gasteiger partial charge in [0.15, 0.2) is 6.07 Å². The third-order valence-electron chi connectivity index (χ3n) is 1.24. The summed E-state index contributed by atoms with van der Waals surface area (Å²) >= 11 is 1.43. The van der Waals surface area contributed by atoms with E-state index in [0.29, 0.717) is 0 Å². The van der Waals surface area contributed by atoms with Crippen molar-refractivity contribution in [3.63, 3.8) is 0 Å². The first-order valence-electron chi connectivity index (χ1n) is 2.97. The summed E-state index contributed by atoms with van der Waals surface area (Å²) < 4.78 is 0. The first kappa shape index (κ1) is 7.76. The van der Waals surface area contributed by atoms with Gasteiger partial charge in [-0.3, -0.25) is 9.69 Å². The Morgan fingerprint density at radius 2 is 2.55 bits per heavy atom. The number of thiophene rings is 1. The Balaban J connectivity index is 2.80. The highest BCUT2D eigenvalue weighted by molar-refractivity contribution is 7.14. The van der Waals surface area contributed by atoms with E-state index in [0.717, 1.165) is 5.00 Å². The van der Waals surface area contributed by atoms with Crippen LogP contribution in [0.15, 0.2) is 17.5 Å². The second-order valence-corrected chi connectivity index (χ2v) is 2.85. The number of anilines is 1. The van der Waals surface area contributed by atoms with Crippen LogP contribution in [-0.4, -0.2) is 13.0 Å². The molecule has 0 spiro atoms. The number of carbonyl (C=O) groups is 1. The summed E-state index contributed by atoms with van der Waals surface area (Å²) in [6.45, 7) is 0. The van der Waals surface area contributed by atoms with E-state index in [1.807, 2.05) is 11.4 Å². The molecule has 1 aromatic heterocycles. The summed E-state index contributed by atoms with van der Waals surface area (Å²) in [5.74, 6) is -0.535. The fourth-order valence-electron chi connectivity index (χ4n) is 0.636. The lowest BCUT2D eigenvalue weighted by atomic mass is 10.5. The van der Waals surface area contributed by atoms with Crippen molar-refractivity contribution >= 4 is 22.2 Å². The molecule has 4 heteroatoms. The van der Waals surface area contributed by atoms with Crippen molar-refractivity contribution < 1.29 is 4.79 Å². The van der Waals surface area contributed by atoms with E-state index in [4.69, 9.17) is 5.26 Å². The third kappa shape index (κ3) is 1.57. The normalized spacial score (nSPS) is 8.73. The Labute approximate surface area is 68.5 Å². The van der Waals surface area contributed by atoms with E-state index in [2.05, 4.69) is 0 Å². The van der Waals surface area contributed by atoms with Gasteiger partial charge in [-0.1, -0.05) is 0 Å². The summed E-state index contributed by atoms with van der Waals surface area (Å²) in [5.41, 5.74) is 0. The number of rotatable bonds is 1. The zero-order chi connectivity index (χ0) is 8.27. The lowest BCUT2D eigenvalue weighted by molar-refractivity contribution is -0.113. The van der Waals surface area contributed by atoms with Crippen molar-refractivity contribution in [1.29, 1.82) is 5.26 Å². The zero-order valence-corrected chi connectivity index (χ0v) is 6.76. The molecule has 1 heterocycles. The molecule has 56 valence electrons. The standard InChI is InChI=1S/C7H6N2OS/c1-9(6(10)5-8)7-3-2-4-11-7/h2-4H,1H3. The molecule has 0 radical (unpaired) electrons. The number of hydrogen-bond acceptors (Lipinski definition) is 3. The molecule has 0 saturated carbocycles. The van der Waals surface area contributed by atoms with Crippen molar-refractivity contribution in [2.45, 2.75) is 0 Å². The maximum absolute atomic E-state index is 10.8. The molecule has 1 aromatic rings. The van der Waals surface area contributed by atoms with Gasteiger partial charge in [-0.05, 0) is 17.5 Å². The largest absolute Gasteiger partial charge is 0.329 e. The van der Waals surface area contributed by atoms with E-state index in [9.17, 15) is 4.79 Å². The maximum atomic E-state index is 10.8. The van der Waals surface area contributed by atoms with Gasteiger partial charge >= 0.3 is 5.91 Å². The highest BCUT2D eigenvalue weighted by atomic mass is 32.1. The topological polar surface area (TPSA) is 44.1 Å². The van der Waals surface area contributed by atoms with Crippen LogP contribution in [0.5, 0.6) is 0 Å². The molecule has 0 fully saturated rings. The molecule has 3 nitrogen and oxygen atoms in total. The number of amides is 1. The number of hydrogen-bond donors (Lipinski definition) is 0. The van der Waals surface area contributed by atoms with Gasteiger partial charge in [0, 0.05) is 7.05 Å². The van der Waals surface area contributed by atoms with Crippen LogP contribution in [0, 0.1) is 11.3 Å². The predicted molar refractivity (Wildman–Crippen MR) is 43.3 cm³/mol. The van der Waals surface area contributed by atoms with E-state index < -0.39 is 5.91 Å². The van der Waals surface area contributed by atoms with Gasteiger partial charge in [-0.25, -0.2) is 0 Å². The Morgan fingerprint density at radius 1 is 1.82 bits per heavy atom. The minimum Gasteiger partial charge on any atom is -0.294 e. The van der Waals surface area contributed by atoms with Crippen molar-refractivity contribution in [2.75, 3.05) is 11.9 Å². The number of carbonyl (C=O) groups excluding carboxylic acids is 1. The van der Waals surface area contributed by atoms with Gasteiger partial charge in [-0.15, -0.1) is 11.3 Å². The van der Waals surface area contributed by atoms with Gasteiger partial charge in [-0.2, -0.15) is 5.26 Å². The molecule has 0 aromatic carbocycles. The summed E-state index contributed by atoms with van der Waals surface area (Å²) in [6.07, 6.45) is 0. The molecule has 0 atom stereocenters. The van der Waals surface area contributed by atoms with Gasteiger partial charge < -0.3 is 0 Å². The quantitative estimate of drug-likeness (QED) is 0.589. The van der Waals surface area contributed by atoms with Gasteiger partial charge in [0.25, 0.3) is 0 Å². The van der Waals surface area contributed by atoms with Crippen molar-refractivity contribution in [3.05, 3.63) is 17.5 Å². The van der Waals surface area contributed by atoms with Crippen molar-refractivity contribution in [3.8, 4) is 6.07 Å². The smallest absolute Gasteiger partial charge is 0.294 e. The lowest BCUT2D eigenvalue weighted by Crippen LogP contribution is -2.22. The summed E-state index contributed by atoms with van der Waals surface area (Å²) in [7, 11) is 1.58. The van der Waals surface area contributed by atoms with Gasteiger partial charge in [0.1, 0.15) is 0 Å². The fourth-order valence-corrected chi connectivity index (χ4v) is 1.33. The minimum absolute atomic E-state index is 0.535. The molecule has 0 bridgehead atoms. The van der Waals surface area contributed by atoms with Gasteiger partial charge in [0.05, 0.1) is 5.00 Å². The fraction of sp³-hybridized carbons (Fsp3) is 0.143. The average molecular weight is 166 g/mol. The molecule has 11 heavy (non-hydrogen) atoms. The van der Waals surface area contributed by atoms with E-state index in [-0.39, 0.29) is 0 Å². The number of nitriles is 1. The van der Waals surface area contributed by atoms with Crippen molar-refractivity contribution in [2.24, 2.45) is 0 Å². The van der Waals surface area contributed by atoms with Crippen LogP contribution < -0.4 is 4.90 Å². The molecular formula is C7H6N2OS. The van der Waals surface area contributed by atoms with Crippen LogP contribution in [0.4, 0.5) is 5.00 Å². The molecule has 0 aliphatic rings. The summed E-state index contributed by atoms with van der Waals surface area (Å²) in [5, 5.41) is 10.9. The average Bonchev–Trinajstić information content (AvgIpc) is 2.53. The summed E-state index contributed by atoms with van der Waals surface area (Å²) in [6, 6.07) is 5.17. The number of nitrogens with zero attached hydrogens (tertiary/aromatic N) is 2. The second-order valence-electron chi connectivity index (χ2n) is 1.93. The first-order valence-corrected chi connectivity index (χ1v) is 3.85. The van der Waals surface area contributed by atoms with Crippen LogP contribution in [0.25, 0.3) is 0 Å². The van der Waals surface area contributed by atoms with Crippen LogP contribution in [0.1, 0.15) is 0 Å². The Hall–Kier alpha value is -1.34. The Bertz CT molecular complexity index is 286. The zero-order valence-electron chi connectivity index (χ0n) is 5.94. The molecular weight excluding hydrogens is 160 g/mol. The van der Waals surface area contributed by atoms with E-state index in [1.54, 1.807) is 19.2 Å². The Morgan fingerprint density at radius 3 is 3.00 bits per heavy atom. The molecule has 1 amide bonds. The molecule has 0 saturated heterocycles. The highest BCUT2D eigenvalue weighted by Crippen LogP contribution is 2.19. The first-order chi connectivity index (χ1) is 5.25. The van der Waals surface area contributed by atoms with E-state index in [1.165, 1.54) is 16.2 Å². The maximum Gasteiger partial charge on any atom is 0.329 e. The predicted octanol–water partition coefficient (Wildman–Crippen LogP) is 1.23. The van der Waals surface area contributed by atoms with E-state index >= 15 is 0 Å². The molecule has 0 aliphatic heterocycles.